The highest BCUT2D eigenvalue weighted by atomic mass is 35.5. The second-order valence-corrected chi connectivity index (χ2v) is 4.41. The number of carboxylic acids is 1. The number of hydrogen-bond donors (Lipinski definition) is 1. The SMILES string of the molecule is O=C(O)c1scnc1COc1ccccc1Cl. The van der Waals surface area contributed by atoms with E-state index in [-0.39, 0.29) is 11.5 Å². The highest BCUT2D eigenvalue weighted by Gasteiger charge is 2.14. The number of aromatic carboxylic acids is 1. The van der Waals surface area contributed by atoms with Gasteiger partial charge < -0.3 is 9.84 Å². The average molecular weight is 270 g/mol. The molecule has 0 bridgehead atoms. The van der Waals surface area contributed by atoms with E-state index in [1.807, 2.05) is 0 Å². The number of rotatable bonds is 4. The van der Waals surface area contributed by atoms with Crippen LogP contribution in [0.15, 0.2) is 29.8 Å². The molecule has 0 amide bonds. The predicted molar refractivity (Wildman–Crippen MR) is 64.9 cm³/mol. The van der Waals surface area contributed by atoms with E-state index in [9.17, 15) is 4.79 Å². The maximum atomic E-state index is 10.8. The number of benzene rings is 1. The Balaban J connectivity index is 2.10. The maximum Gasteiger partial charge on any atom is 0.347 e. The molecule has 0 aliphatic rings. The van der Waals surface area contributed by atoms with Gasteiger partial charge in [-0.2, -0.15) is 0 Å². The topological polar surface area (TPSA) is 59.4 Å². The molecule has 1 aromatic heterocycles. The Morgan fingerprint density at radius 1 is 1.47 bits per heavy atom. The van der Waals surface area contributed by atoms with Crippen molar-refractivity contribution < 1.29 is 14.6 Å². The van der Waals surface area contributed by atoms with Crippen molar-refractivity contribution in [3.05, 3.63) is 45.4 Å². The molecule has 0 aliphatic carbocycles. The maximum absolute atomic E-state index is 10.8. The third-order valence-electron chi connectivity index (χ3n) is 2.04. The standard InChI is InChI=1S/C11H8ClNO3S/c12-7-3-1-2-4-9(7)16-5-8-10(11(14)15)17-6-13-8/h1-4,6H,5H2,(H,14,15). The lowest BCUT2D eigenvalue weighted by Gasteiger charge is -2.06. The Labute approximate surface area is 106 Å². The van der Waals surface area contributed by atoms with Gasteiger partial charge in [0.2, 0.25) is 0 Å². The van der Waals surface area contributed by atoms with Crippen molar-refractivity contribution >= 4 is 28.9 Å². The molecule has 0 fully saturated rings. The number of nitrogens with zero attached hydrogens (tertiary/aromatic N) is 1. The Kier molecular flexibility index (Phi) is 3.61. The van der Waals surface area contributed by atoms with E-state index in [0.29, 0.717) is 16.5 Å². The minimum atomic E-state index is -0.995. The van der Waals surface area contributed by atoms with Crippen molar-refractivity contribution in [1.82, 2.24) is 4.98 Å². The molecule has 4 nitrogen and oxygen atoms in total. The van der Waals surface area contributed by atoms with Crippen LogP contribution in [0.3, 0.4) is 0 Å². The molecule has 1 aromatic carbocycles. The summed E-state index contributed by atoms with van der Waals surface area (Å²) < 4.78 is 5.42. The van der Waals surface area contributed by atoms with Crippen LogP contribution in [-0.4, -0.2) is 16.1 Å². The molecule has 6 heteroatoms. The minimum absolute atomic E-state index is 0.0921. The minimum Gasteiger partial charge on any atom is -0.486 e. The third-order valence-corrected chi connectivity index (χ3v) is 3.21. The quantitative estimate of drug-likeness (QED) is 0.927. The van der Waals surface area contributed by atoms with Crippen molar-refractivity contribution in [3.63, 3.8) is 0 Å². The Bertz CT molecular complexity index is 541. The largest absolute Gasteiger partial charge is 0.486 e. The van der Waals surface area contributed by atoms with E-state index in [2.05, 4.69) is 4.98 Å². The van der Waals surface area contributed by atoms with Gasteiger partial charge in [-0.1, -0.05) is 23.7 Å². The fourth-order valence-corrected chi connectivity index (χ4v) is 2.08. The Hall–Kier alpha value is -1.59. The van der Waals surface area contributed by atoms with E-state index in [1.54, 1.807) is 24.3 Å². The zero-order valence-corrected chi connectivity index (χ0v) is 10.2. The summed E-state index contributed by atoms with van der Waals surface area (Å²) in [5.74, 6) is -0.483. The van der Waals surface area contributed by atoms with Gasteiger partial charge in [0.25, 0.3) is 0 Å². The number of halogens is 1. The van der Waals surface area contributed by atoms with E-state index >= 15 is 0 Å². The second-order valence-electron chi connectivity index (χ2n) is 3.15. The van der Waals surface area contributed by atoms with Crippen LogP contribution in [-0.2, 0) is 6.61 Å². The third kappa shape index (κ3) is 2.75. The zero-order chi connectivity index (χ0) is 12.3. The van der Waals surface area contributed by atoms with E-state index < -0.39 is 5.97 Å². The predicted octanol–water partition coefficient (Wildman–Crippen LogP) is 3.07. The van der Waals surface area contributed by atoms with Gasteiger partial charge >= 0.3 is 5.97 Å². The van der Waals surface area contributed by atoms with Crippen LogP contribution in [0.4, 0.5) is 0 Å². The van der Waals surface area contributed by atoms with Crippen LogP contribution in [0.5, 0.6) is 5.75 Å². The summed E-state index contributed by atoms with van der Waals surface area (Å²) in [6.45, 7) is 0.0921. The molecular weight excluding hydrogens is 262 g/mol. The van der Waals surface area contributed by atoms with Crippen LogP contribution in [0.2, 0.25) is 5.02 Å². The summed E-state index contributed by atoms with van der Waals surface area (Å²) in [5.41, 5.74) is 1.89. The fraction of sp³-hybridized carbons (Fsp3) is 0.0909. The average Bonchev–Trinajstić information content (AvgIpc) is 2.76. The molecule has 1 heterocycles. The monoisotopic (exact) mass is 269 g/mol. The fourth-order valence-electron chi connectivity index (χ4n) is 1.25. The first-order chi connectivity index (χ1) is 8.18. The van der Waals surface area contributed by atoms with Crippen molar-refractivity contribution in [2.75, 3.05) is 0 Å². The van der Waals surface area contributed by atoms with Gasteiger partial charge in [-0.25, -0.2) is 9.78 Å². The number of para-hydroxylation sites is 1. The van der Waals surface area contributed by atoms with E-state index in [0.717, 1.165) is 11.3 Å². The van der Waals surface area contributed by atoms with Crippen LogP contribution in [0, 0.1) is 0 Å². The summed E-state index contributed by atoms with van der Waals surface area (Å²) in [7, 11) is 0. The lowest BCUT2D eigenvalue weighted by molar-refractivity contribution is 0.0699. The summed E-state index contributed by atoms with van der Waals surface area (Å²) in [4.78, 5) is 15.0. The molecule has 0 aliphatic heterocycles. The summed E-state index contributed by atoms with van der Waals surface area (Å²) in [6.07, 6.45) is 0. The van der Waals surface area contributed by atoms with Gasteiger partial charge in [0.1, 0.15) is 22.9 Å². The van der Waals surface area contributed by atoms with Crippen molar-refractivity contribution in [2.45, 2.75) is 6.61 Å². The number of thiazole rings is 1. The van der Waals surface area contributed by atoms with Crippen LogP contribution in [0.1, 0.15) is 15.4 Å². The number of hydrogen-bond acceptors (Lipinski definition) is 4. The molecule has 0 saturated carbocycles. The van der Waals surface area contributed by atoms with Gasteiger partial charge in [0, 0.05) is 0 Å². The van der Waals surface area contributed by atoms with Gasteiger partial charge in [-0.3, -0.25) is 0 Å². The Morgan fingerprint density at radius 3 is 2.94 bits per heavy atom. The number of carbonyl (C=O) groups is 1. The molecule has 0 unspecified atom stereocenters. The van der Waals surface area contributed by atoms with E-state index in [1.165, 1.54) is 5.51 Å². The lowest BCUT2D eigenvalue weighted by Crippen LogP contribution is -2.03. The van der Waals surface area contributed by atoms with Gasteiger partial charge in [0.05, 0.1) is 10.5 Å². The highest BCUT2D eigenvalue weighted by Crippen LogP contribution is 2.24. The molecule has 0 atom stereocenters. The second kappa shape index (κ2) is 5.16. The van der Waals surface area contributed by atoms with Crippen molar-refractivity contribution in [2.24, 2.45) is 0 Å². The first-order valence-corrected chi connectivity index (χ1v) is 5.97. The van der Waals surface area contributed by atoms with Crippen molar-refractivity contribution in [3.8, 4) is 5.75 Å². The molecule has 88 valence electrons. The molecule has 17 heavy (non-hydrogen) atoms. The highest BCUT2D eigenvalue weighted by molar-refractivity contribution is 7.11. The Morgan fingerprint density at radius 2 is 2.24 bits per heavy atom. The van der Waals surface area contributed by atoms with Gasteiger partial charge in [-0.15, -0.1) is 11.3 Å². The smallest absolute Gasteiger partial charge is 0.347 e. The van der Waals surface area contributed by atoms with Crippen LogP contribution < -0.4 is 4.74 Å². The summed E-state index contributed by atoms with van der Waals surface area (Å²) >= 11 is 6.98. The molecule has 1 N–H and O–H groups in total. The van der Waals surface area contributed by atoms with Crippen molar-refractivity contribution in [1.29, 1.82) is 0 Å². The van der Waals surface area contributed by atoms with Gasteiger partial charge in [0.15, 0.2) is 0 Å². The zero-order valence-electron chi connectivity index (χ0n) is 8.59. The summed E-state index contributed by atoms with van der Waals surface area (Å²) in [6, 6.07) is 7.01. The van der Waals surface area contributed by atoms with E-state index in [4.69, 9.17) is 21.4 Å². The first kappa shape index (κ1) is 11.9. The number of carboxylic acid groups (broad SMARTS) is 1. The van der Waals surface area contributed by atoms with Crippen LogP contribution in [0.25, 0.3) is 0 Å². The molecule has 0 saturated heterocycles. The lowest BCUT2D eigenvalue weighted by atomic mass is 10.3. The normalized spacial score (nSPS) is 10.2. The first-order valence-electron chi connectivity index (χ1n) is 4.71. The molecule has 0 spiro atoms. The molecular formula is C11H8ClNO3S. The summed E-state index contributed by atoms with van der Waals surface area (Å²) in [5, 5.41) is 9.38. The molecule has 2 rings (SSSR count). The molecule has 2 aromatic rings. The van der Waals surface area contributed by atoms with Gasteiger partial charge in [-0.05, 0) is 12.1 Å². The number of aromatic nitrogens is 1. The number of ether oxygens (including phenoxy) is 1. The van der Waals surface area contributed by atoms with Crippen LogP contribution >= 0.6 is 22.9 Å². The molecule has 0 radical (unpaired) electrons.